The molecule has 11 aromatic carbocycles. The number of benzene rings is 11. The summed E-state index contributed by atoms with van der Waals surface area (Å²) in [5, 5.41) is 19.3. The molecule has 0 fully saturated rings. The average Bonchev–Trinajstić information content (AvgIpc) is 0.772. The van der Waals surface area contributed by atoms with Crippen molar-refractivity contribution in [3.63, 3.8) is 0 Å². The van der Waals surface area contributed by atoms with E-state index in [2.05, 4.69) is 227 Å². The van der Waals surface area contributed by atoms with Crippen molar-refractivity contribution in [2.24, 2.45) is 5.92 Å². The maximum Gasteiger partial charge on any atom is 0.573 e. The number of alkyl halides is 9. The van der Waals surface area contributed by atoms with E-state index in [1.165, 1.54) is 81.6 Å². The Morgan fingerprint density at radius 1 is 0.386 bits per heavy atom. The summed E-state index contributed by atoms with van der Waals surface area (Å²) in [6.45, 7) is 59.3. The fourth-order valence-corrected chi connectivity index (χ4v) is 17.0. The molecule has 0 radical (unpaired) electrons. The molecule has 132 heavy (non-hydrogen) atoms. The van der Waals surface area contributed by atoms with Crippen LogP contribution in [0.3, 0.4) is 0 Å². The summed E-state index contributed by atoms with van der Waals surface area (Å²) in [4.78, 5) is 0. The van der Waals surface area contributed by atoms with E-state index in [1.807, 2.05) is 192 Å². The first-order valence-electron chi connectivity index (χ1n) is 45.5. The maximum atomic E-state index is 13.3. The molecule has 0 aliphatic carbocycles. The molecule has 0 aromatic heterocycles. The van der Waals surface area contributed by atoms with E-state index in [0.29, 0.717) is 76.6 Å². The monoisotopic (exact) mass is 1850 g/mol. The molecule has 19 heteroatoms. The molecule has 0 N–H and O–H groups in total. The number of aryl methyl sites for hydroxylation is 5. The van der Waals surface area contributed by atoms with Crippen molar-refractivity contribution < 1.29 is 58.1 Å². The molecule has 706 valence electrons. The zero-order valence-electron chi connectivity index (χ0n) is 83.2. The third kappa shape index (κ3) is 40.5. The van der Waals surface area contributed by atoms with Crippen LogP contribution < -0.4 is 41.9 Å². The van der Waals surface area contributed by atoms with Gasteiger partial charge in [-0.25, -0.2) is 0 Å². The SMILES string of the molecule is CC(C)B(c1ccccc1)c1ccccc1.CC(C)B1c2ccccc2Oc2ccccc21.CC(C)C#CC(F)(F)F.CC(C)P(=O)(c1ccccc1)c1ccccc1.CC(C)P(C)(C)=O.CC(C)c1cc(C#N)cc(C#N)c1.CC(C)c1ccccc1C(C)C.Cc1cc(C(C)C)cc(C)c1C(F)(F)F.Cc1cc(C)cc(C(C)C)c1.Cc1cc(OC(F)(F)F)cc(C(C)C)c1. The molecular weight excluding hydrogens is 1700 g/mol. The van der Waals surface area contributed by atoms with Gasteiger partial charge in [-0.3, -0.25) is 0 Å². The second-order valence-electron chi connectivity index (χ2n) is 37.0. The van der Waals surface area contributed by atoms with Crippen LogP contribution in [0.4, 0.5) is 39.5 Å². The number of nitrogens with zero attached hydrogens (tertiary/aromatic N) is 2. The Morgan fingerprint density at radius 3 is 1.01 bits per heavy atom. The van der Waals surface area contributed by atoms with Crippen LogP contribution >= 0.6 is 14.3 Å². The topological polar surface area (TPSA) is 100 Å². The number of ether oxygens (including phenoxy) is 2. The number of fused-ring (bicyclic) bond motifs is 2. The third-order valence-corrected chi connectivity index (χ3v) is 27.7. The van der Waals surface area contributed by atoms with E-state index in [9.17, 15) is 48.6 Å². The van der Waals surface area contributed by atoms with Gasteiger partial charge in [0, 0.05) is 33.8 Å². The van der Waals surface area contributed by atoms with E-state index < -0.39 is 38.6 Å². The number of rotatable bonds is 15. The maximum absolute atomic E-state index is 13.3. The van der Waals surface area contributed by atoms with Gasteiger partial charge in [0.2, 0.25) is 13.4 Å². The first-order valence-corrected chi connectivity index (χ1v) is 49.9. The molecule has 0 saturated carbocycles. The van der Waals surface area contributed by atoms with Crippen LogP contribution in [-0.4, -0.2) is 50.6 Å². The van der Waals surface area contributed by atoms with Gasteiger partial charge in [-0.05, 0) is 187 Å². The fourth-order valence-electron chi connectivity index (χ4n) is 14.3. The molecule has 6 nitrogen and oxygen atoms in total. The minimum atomic E-state index is -4.62. The van der Waals surface area contributed by atoms with Crippen molar-refractivity contribution >= 4 is 60.2 Å². The Morgan fingerprint density at radius 2 is 0.712 bits per heavy atom. The third-order valence-electron chi connectivity index (χ3n) is 21.6. The lowest BCUT2D eigenvalue weighted by molar-refractivity contribution is -0.274. The van der Waals surface area contributed by atoms with E-state index >= 15 is 0 Å². The highest BCUT2D eigenvalue weighted by Crippen LogP contribution is 2.48. The molecule has 1 heterocycles. The Balaban J connectivity index is 0.000000381. The second kappa shape index (κ2) is 55.3. The lowest BCUT2D eigenvalue weighted by Gasteiger charge is -2.28. The standard InChI is InChI=1S/C15H15BO.C15H17B.C15H17OP.C12H15F3.C12H18.C11H13F3O.C11H10N2.C11H16.C6H7F3.C5H13OP/c1-11(2)16-12-7-3-5-9-14(12)17-15-10-6-4-8-13(15)16;1-13(2)16(14-9-5-3-6-10-14)15-11-7-4-8-12-15;1-13(2)17(16,14-9-5-3-6-10-14)15-11-7-4-8-12-15;1-7(2)10-5-8(3)11(9(4)6-10)12(13,14)15;1-9(2)11-7-5-6-8-12(11)10(3)4;1-7(2)9-4-8(3)5-10(6-9)15-11(12,13)14;1-8(2)11-4-9(6-12)3-10(5-11)7-13;1-8(2)11-6-9(3)5-10(4)7-11;1-5(2)3-4-6(7,8)9;1-5(2)7(3,4)6/h3-11H,1-2H3;3-13H,1-2H3;3-13H,1-2H3;5-7H,1-4H3;5-10H,1-4H3;4-7H,1-3H3;3-5,8H,1-2H3;5-8H,1-4H3;5H,1-2H3;5H,1-4H3. The highest BCUT2D eigenvalue weighted by molar-refractivity contribution is 7.79. The van der Waals surface area contributed by atoms with Gasteiger partial charge >= 0.3 is 18.7 Å². The Kier molecular flexibility index (Phi) is 48.4. The molecule has 0 saturated heterocycles. The largest absolute Gasteiger partial charge is 0.573 e. The van der Waals surface area contributed by atoms with Gasteiger partial charge in [0.25, 0.3) is 0 Å². The van der Waals surface area contributed by atoms with Crippen molar-refractivity contribution in [2.75, 3.05) is 13.3 Å². The zero-order chi connectivity index (χ0) is 99.9. The van der Waals surface area contributed by atoms with Crippen molar-refractivity contribution in [2.45, 2.75) is 264 Å². The molecule has 1 aliphatic heterocycles. The van der Waals surface area contributed by atoms with Gasteiger partial charge in [0.15, 0.2) is 0 Å². The molecule has 1 aliphatic rings. The van der Waals surface area contributed by atoms with Crippen LogP contribution in [0.25, 0.3) is 0 Å². The Labute approximate surface area is 787 Å². The van der Waals surface area contributed by atoms with Crippen molar-refractivity contribution in [3.8, 4) is 41.2 Å². The van der Waals surface area contributed by atoms with Crippen molar-refractivity contribution in [3.05, 3.63) is 339 Å². The highest BCUT2D eigenvalue weighted by Gasteiger charge is 2.36. The first kappa shape index (κ1) is 116. The normalized spacial score (nSPS) is 11.4. The molecular formula is C113H141B2F9N2O4P2. The summed E-state index contributed by atoms with van der Waals surface area (Å²) in [7, 11) is -4.23. The van der Waals surface area contributed by atoms with E-state index in [4.69, 9.17) is 15.3 Å². The summed E-state index contributed by atoms with van der Waals surface area (Å²) in [6, 6.07) is 90.5. The lowest BCUT2D eigenvalue weighted by atomic mass is 9.33. The average molecular weight is 1850 g/mol. The van der Waals surface area contributed by atoms with Gasteiger partial charge in [-0.15, -0.1) is 13.2 Å². The van der Waals surface area contributed by atoms with Crippen LogP contribution in [0.15, 0.2) is 261 Å². The number of hydrogen-bond donors (Lipinski definition) is 0. The van der Waals surface area contributed by atoms with Crippen LogP contribution in [0.1, 0.15) is 266 Å². The van der Waals surface area contributed by atoms with E-state index in [-0.39, 0.29) is 29.2 Å². The van der Waals surface area contributed by atoms with Crippen LogP contribution in [0.5, 0.6) is 17.2 Å². The number of nitriles is 2. The summed E-state index contributed by atoms with van der Waals surface area (Å²) in [5.41, 5.74) is 17.9. The summed E-state index contributed by atoms with van der Waals surface area (Å²) < 4.78 is 142. The number of para-hydroxylation sites is 2. The van der Waals surface area contributed by atoms with Gasteiger partial charge in [-0.1, -0.05) is 410 Å². The van der Waals surface area contributed by atoms with Crippen molar-refractivity contribution in [1.82, 2.24) is 0 Å². The Bertz CT molecular complexity index is 5310. The van der Waals surface area contributed by atoms with Crippen LogP contribution in [-0.2, 0) is 15.3 Å². The number of hydrogen-bond acceptors (Lipinski definition) is 6. The van der Waals surface area contributed by atoms with E-state index in [0.717, 1.165) is 44.4 Å². The zero-order valence-corrected chi connectivity index (χ0v) is 84.9. The van der Waals surface area contributed by atoms with Gasteiger partial charge in [-0.2, -0.15) is 36.9 Å². The van der Waals surface area contributed by atoms with Crippen molar-refractivity contribution in [1.29, 1.82) is 10.5 Å². The van der Waals surface area contributed by atoms with Gasteiger partial charge in [0.05, 0.1) is 36.0 Å². The minimum Gasteiger partial charge on any atom is -0.458 e. The predicted molar refractivity (Wildman–Crippen MR) is 546 cm³/mol. The summed E-state index contributed by atoms with van der Waals surface area (Å²) >= 11 is 0. The van der Waals surface area contributed by atoms with Crippen LogP contribution in [0, 0.1) is 75.0 Å². The molecule has 12 rings (SSSR count). The summed E-state index contributed by atoms with van der Waals surface area (Å²) in [6.07, 6.45) is -13.2. The molecule has 0 spiro atoms. The van der Waals surface area contributed by atoms with Crippen LogP contribution in [0.2, 0.25) is 11.6 Å². The Hall–Kier alpha value is -10.5. The molecule has 0 amide bonds. The lowest BCUT2D eigenvalue weighted by Crippen LogP contribution is -2.48. The fraction of sp³-hybridized carbons (Fsp3) is 0.381. The smallest absolute Gasteiger partial charge is 0.458 e. The predicted octanol–water partition coefficient (Wildman–Crippen LogP) is 31.5. The highest BCUT2D eigenvalue weighted by atomic mass is 31.2. The van der Waals surface area contributed by atoms with Gasteiger partial charge in [0.1, 0.15) is 24.4 Å². The van der Waals surface area contributed by atoms with E-state index in [1.54, 1.807) is 39.0 Å². The molecule has 11 aromatic rings. The summed E-state index contributed by atoms with van der Waals surface area (Å²) in [5.74, 6) is 8.73. The first-order chi connectivity index (χ1) is 61.5. The molecule has 0 bridgehead atoms. The minimum absolute atomic E-state index is 0.118. The second-order valence-corrected chi connectivity index (χ2v) is 44.3. The molecule has 0 atom stereocenters. The quantitative estimate of drug-likeness (QED) is 0.0439. The number of halogens is 9. The molecule has 0 unspecified atom stereocenters. The van der Waals surface area contributed by atoms with Gasteiger partial charge < -0.3 is 18.6 Å².